The van der Waals surface area contributed by atoms with Crippen LogP contribution in [-0.2, 0) is 37.7 Å². The topological polar surface area (TPSA) is 122 Å². The van der Waals surface area contributed by atoms with Gasteiger partial charge in [-0.05, 0) is 81.3 Å². The number of nitrogens with two attached hydrogens (primary N) is 1. The maximum atomic E-state index is 13.6. The SMILES string of the molecule is C[C@@H](C1CC1)N(Cc1ccc(F)cc1)C(=O)CN1C(=O)OC2(CCc3cc(NC(=O)C(C)(C)N)ccc32)C1=O. The molecule has 2 aromatic carbocycles. The Morgan fingerprint density at radius 3 is 2.54 bits per heavy atom. The van der Waals surface area contributed by atoms with Crippen LogP contribution in [0.15, 0.2) is 42.5 Å². The molecule has 1 unspecified atom stereocenters. The number of hydrogen-bond acceptors (Lipinski definition) is 6. The van der Waals surface area contributed by atoms with Crippen molar-refractivity contribution in [3.05, 3.63) is 65.0 Å². The number of benzene rings is 2. The minimum Gasteiger partial charge on any atom is -0.427 e. The summed E-state index contributed by atoms with van der Waals surface area (Å²) in [5, 5.41) is 2.77. The van der Waals surface area contributed by atoms with Crippen molar-refractivity contribution in [3.8, 4) is 0 Å². The van der Waals surface area contributed by atoms with Gasteiger partial charge in [0.1, 0.15) is 12.4 Å². The van der Waals surface area contributed by atoms with E-state index in [-0.39, 0.29) is 36.6 Å². The van der Waals surface area contributed by atoms with E-state index in [1.807, 2.05) is 6.92 Å². The standard InChI is InChI=1S/C29H33FN4O5/c1-17(19-6-7-19)33(15-18-4-8-21(30)9-5-18)24(35)16-34-26(37)29(39-27(34)38)13-12-20-14-22(10-11-23(20)29)32-25(36)28(2,3)31/h4-5,8-11,14,17,19H,6-7,12-13,15-16,31H2,1-3H3,(H,32,36)/t17-,29?/m0/s1. The lowest BCUT2D eigenvalue weighted by molar-refractivity contribution is -0.143. The van der Waals surface area contributed by atoms with E-state index in [1.54, 1.807) is 49.1 Å². The molecule has 1 saturated heterocycles. The molecule has 4 amide bonds. The van der Waals surface area contributed by atoms with E-state index < -0.39 is 29.7 Å². The summed E-state index contributed by atoms with van der Waals surface area (Å²) in [6.07, 6.45) is 1.86. The van der Waals surface area contributed by atoms with Crippen LogP contribution in [-0.4, -0.2) is 51.7 Å². The summed E-state index contributed by atoms with van der Waals surface area (Å²) in [6, 6.07) is 10.9. The number of carbonyl (C=O) groups is 4. The fourth-order valence-electron chi connectivity index (χ4n) is 5.33. The van der Waals surface area contributed by atoms with Gasteiger partial charge in [0.05, 0.1) is 5.54 Å². The molecule has 3 aliphatic rings. The molecule has 2 aliphatic carbocycles. The minimum absolute atomic E-state index is 0.0930. The Labute approximate surface area is 226 Å². The monoisotopic (exact) mass is 536 g/mol. The zero-order chi connectivity index (χ0) is 28.1. The van der Waals surface area contributed by atoms with Gasteiger partial charge in [-0.3, -0.25) is 14.4 Å². The van der Waals surface area contributed by atoms with Gasteiger partial charge in [0.2, 0.25) is 17.4 Å². The number of anilines is 1. The molecule has 1 saturated carbocycles. The Bertz CT molecular complexity index is 1330. The molecule has 1 heterocycles. The van der Waals surface area contributed by atoms with Crippen molar-refractivity contribution < 1.29 is 28.3 Å². The normalized spacial score (nSPS) is 21.1. The Morgan fingerprint density at radius 2 is 1.90 bits per heavy atom. The smallest absolute Gasteiger partial charge is 0.418 e. The largest absolute Gasteiger partial charge is 0.427 e. The fourth-order valence-corrected chi connectivity index (χ4v) is 5.33. The first-order chi connectivity index (χ1) is 18.4. The number of hydrogen-bond donors (Lipinski definition) is 2. The highest BCUT2D eigenvalue weighted by molar-refractivity contribution is 6.06. The summed E-state index contributed by atoms with van der Waals surface area (Å²) in [4.78, 5) is 54.9. The van der Waals surface area contributed by atoms with E-state index in [9.17, 15) is 23.6 Å². The van der Waals surface area contributed by atoms with E-state index in [4.69, 9.17) is 10.5 Å². The summed E-state index contributed by atoms with van der Waals surface area (Å²) < 4.78 is 19.1. The van der Waals surface area contributed by atoms with E-state index in [0.717, 1.165) is 28.9 Å². The molecule has 39 heavy (non-hydrogen) atoms. The van der Waals surface area contributed by atoms with Crippen LogP contribution in [0, 0.1) is 11.7 Å². The molecule has 1 spiro atoms. The Kier molecular flexibility index (Phi) is 6.70. The lowest BCUT2D eigenvalue weighted by atomic mass is 9.94. The molecule has 5 rings (SSSR count). The third kappa shape index (κ3) is 5.13. The molecule has 2 fully saturated rings. The van der Waals surface area contributed by atoms with Crippen LogP contribution in [0.3, 0.4) is 0 Å². The van der Waals surface area contributed by atoms with Gasteiger partial charge in [-0.15, -0.1) is 0 Å². The van der Waals surface area contributed by atoms with Crippen LogP contribution in [0.5, 0.6) is 0 Å². The summed E-state index contributed by atoms with van der Waals surface area (Å²) in [5.74, 6) is -1.31. The van der Waals surface area contributed by atoms with Crippen molar-refractivity contribution in [3.63, 3.8) is 0 Å². The second-order valence-corrected chi connectivity index (χ2v) is 11.4. The van der Waals surface area contributed by atoms with Crippen LogP contribution in [0.2, 0.25) is 0 Å². The van der Waals surface area contributed by atoms with Crippen molar-refractivity contribution >= 4 is 29.5 Å². The number of nitrogens with zero attached hydrogens (tertiary/aromatic N) is 2. The minimum atomic E-state index is -1.49. The highest BCUT2D eigenvalue weighted by Gasteiger charge is 2.58. The second kappa shape index (κ2) is 9.75. The number of halogens is 1. The number of amides is 4. The average molecular weight is 537 g/mol. The van der Waals surface area contributed by atoms with Gasteiger partial charge in [0.15, 0.2) is 0 Å². The molecule has 3 N–H and O–H groups in total. The van der Waals surface area contributed by atoms with Gasteiger partial charge in [-0.1, -0.05) is 18.2 Å². The van der Waals surface area contributed by atoms with E-state index in [1.165, 1.54) is 12.1 Å². The highest BCUT2D eigenvalue weighted by Crippen LogP contribution is 2.46. The van der Waals surface area contributed by atoms with Crippen molar-refractivity contribution in [1.29, 1.82) is 0 Å². The van der Waals surface area contributed by atoms with Gasteiger partial charge in [-0.25, -0.2) is 14.1 Å². The van der Waals surface area contributed by atoms with Gasteiger partial charge in [0, 0.05) is 30.3 Å². The first-order valence-corrected chi connectivity index (χ1v) is 13.2. The predicted molar refractivity (Wildman–Crippen MR) is 141 cm³/mol. The first-order valence-electron chi connectivity index (χ1n) is 13.2. The maximum absolute atomic E-state index is 13.6. The quantitative estimate of drug-likeness (QED) is 0.533. The fraction of sp³-hybridized carbons (Fsp3) is 0.448. The van der Waals surface area contributed by atoms with Crippen molar-refractivity contribution in [2.45, 2.75) is 70.2 Å². The third-order valence-corrected chi connectivity index (χ3v) is 7.88. The molecular weight excluding hydrogens is 503 g/mol. The number of ether oxygens (including phenoxy) is 1. The van der Waals surface area contributed by atoms with Crippen molar-refractivity contribution in [2.75, 3.05) is 11.9 Å². The van der Waals surface area contributed by atoms with E-state index in [0.29, 0.717) is 23.6 Å². The Hall–Kier alpha value is -3.79. The second-order valence-electron chi connectivity index (χ2n) is 11.4. The lowest BCUT2D eigenvalue weighted by Gasteiger charge is -2.30. The summed E-state index contributed by atoms with van der Waals surface area (Å²) in [6.45, 7) is 4.97. The van der Waals surface area contributed by atoms with Gasteiger partial charge < -0.3 is 20.7 Å². The molecule has 0 aromatic heterocycles. The van der Waals surface area contributed by atoms with Gasteiger partial charge in [0.25, 0.3) is 5.91 Å². The number of carbonyl (C=O) groups excluding carboxylic acids is 4. The van der Waals surface area contributed by atoms with Gasteiger partial charge >= 0.3 is 6.09 Å². The average Bonchev–Trinajstić information content (AvgIpc) is 3.63. The van der Waals surface area contributed by atoms with Crippen LogP contribution in [0.25, 0.3) is 0 Å². The highest BCUT2D eigenvalue weighted by atomic mass is 19.1. The molecule has 1 aliphatic heterocycles. The number of rotatable bonds is 8. The molecule has 9 nitrogen and oxygen atoms in total. The summed E-state index contributed by atoms with van der Waals surface area (Å²) in [7, 11) is 0. The van der Waals surface area contributed by atoms with E-state index in [2.05, 4.69) is 5.32 Å². The molecule has 206 valence electrons. The molecule has 2 aromatic rings. The third-order valence-electron chi connectivity index (χ3n) is 7.88. The number of aryl methyl sites for hydroxylation is 1. The van der Waals surface area contributed by atoms with E-state index >= 15 is 0 Å². The molecule has 10 heteroatoms. The van der Waals surface area contributed by atoms with Crippen molar-refractivity contribution in [1.82, 2.24) is 9.80 Å². The van der Waals surface area contributed by atoms with Crippen LogP contribution >= 0.6 is 0 Å². The Morgan fingerprint density at radius 1 is 1.21 bits per heavy atom. The zero-order valence-corrected chi connectivity index (χ0v) is 22.3. The number of fused-ring (bicyclic) bond motifs is 2. The van der Waals surface area contributed by atoms with Crippen LogP contribution in [0.1, 0.15) is 56.7 Å². The van der Waals surface area contributed by atoms with Gasteiger partial charge in [-0.2, -0.15) is 0 Å². The summed E-state index contributed by atoms with van der Waals surface area (Å²) in [5.41, 5.74) is 5.92. The Balaban J connectivity index is 1.34. The van der Waals surface area contributed by atoms with Crippen molar-refractivity contribution in [2.24, 2.45) is 11.7 Å². The maximum Gasteiger partial charge on any atom is 0.418 e. The molecule has 0 bridgehead atoms. The number of nitrogens with one attached hydrogen (secondary N) is 1. The van der Waals surface area contributed by atoms with Crippen LogP contribution < -0.4 is 11.1 Å². The molecular formula is C29H33FN4O5. The zero-order valence-electron chi connectivity index (χ0n) is 22.3. The van der Waals surface area contributed by atoms with Crippen LogP contribution in [0.4, 0.5) is 14.9 Å². The lowest BCUT2D eigenvalue weighted by Crippen LogP contribution is -2.47. The molecule has 2 atom stereocenters. The first kappa shape index (κ1) is 26.8. The number of imide groups is 1. The predicted octanol–water partition coefficient (Wildman–Crippen LogP) is 3.45. The summed E-state index contributed by atoms with van der Waals surface area (Å²) >= 11 is 0. The molecule has 0 radical (unpaired) electrons.